The molecule has 1 heterocycles. The smallest absolute Gasteiger partial charge is 0.235 e. The SMILES string of the molecule is Nc1ccccc1SCC(=O)Nc1ccc(Br)cn1. The molecule has 0 saturated heterocycles. The Morgan fingerprint density at radius 1 is 1.32 bits per heavy atom. The lowest BCUT2D eigenvalue weighted by Gasteiger charge is -2.06. The Morgan fingerprint density at radius 3 is 2.79 bits per heavy atom. The van der Waals surface area contributed by atoms with Crippen LogP contribution in [0.5, 0.6) is 0 Å². The van der Waals surface area contributed by atoms with Crippen molar-refractivity contribution < 1.29 is 4.79 Å². The molecule has 0 aliphatic heterocycles. The second kappa shape index (κ2) is 6.58. The van der Waals surface area contributed by atoms with Crippen molar-refractivity contribution in [2.75, 3.05) is 16.8 Å². The summed E-state index contributed by atoms with van der Waals surface area (Å²) in [4.78, 5) is 16.7. The van der Waals surface area contributed by atoms with Crippen LogP contribution in [0, 0.1) is 0 Å². The van der Waals surface area contributed by atoms with Gasteiger partial charge in [0.25, 0.3) is 0 Å². The van der Waals surface area contributed by atoms with Crippen LogP contribution in [0.4, 0.5) is 11.5 Å². The largest absolute Gasteiger partial charge is 0.398 e. The number of halogens is 1. The maximum Gasteiger partial charge on any atom is 0.235 e. The van der Waals surface area contributed by atoms with Crippen LogP contribution in [0.3, 0.4) is 0 Å². The first kappa shape index (κ1) is 13.9. The van der Waals surface area contributed by atoms with Crippen molar-refractivity contribution >= 4 is 45.1 Å². The molecule has 1 aromatic heterocycles. The number of nitrogens with two attached hydrogens (primary N) is 1. The summed E-state index contributed by atoms with van der Waals surface area (Å²) in [6.07, 6.45) is 1.64. The predicted molar refractivity (Wildman–Crippen MR) is 82.1 cm³/mol. The highest BCUT2D eigenvalue weighted by molar-refractivity contribution is 9.10. The predicted octanol–water partition coefficient (Wildman–Crippen LogP) is 3.16. The van der Waals surface area contributed by atoms with Gasteiger partial charge in [0.15, 0.2) is 0 Å². The van der Waals surface area contributed by atoms with E-state index in [2.05, 4.69) is 26.2 Å². The summed E-state index contributed by atoms with van der Waals surface area (Å²) < 4.78 is 0.872. The lowest BCUT2D eigenvalue weighted by Crippen LogP contribution is -2.14. The number of pyridine rings is 1. The molecule has 4 nitrogen and oxygen atoms in total. The number of rotatable bonds is 4. The zero-order valence-corrected chi connectivity index (χ0v) is 12.4. The highest BCUT2D eigenvalue weighted by Gasteiger charge is 2.06. The molecule has 19 heavy (non-hydrogen) atoms. The second-order valence-electron chi connectivity index (χ2n) is 3.74. The van der Waals surface area contributed by atoms with Crippen molar-refractivity contribution in [3.05, 3.63) is 47.1 Å². The minimum atomic E-state index is -0.108. The average Bonchev–Trinajstić information content (AvgIpc) is 2.40. The summed E-state index contributed by atoms with van der Waals surface area (Å²) in [6, 6.07) is 11.0. The van der Waals surface area contributed by atoms with Crippen molar-refractivity contribution in [2.45, 2.75) is 4.90 Å². The van der Waals surface area contributed by atoms with Crippen molar-refractivity contribution in [1.82, 2.24) is 4.98 Å². The zero-order chi connectivity index (χ0) is 13.7. The van der Waals surface area contributed by atoms with Gasteiger partial charge in [0, 0.05) is 21.3 Å². The molecule has 0 fully saturated rings. The Bertz CT molecular complexity index is 574. The van der Waals surface area contributed by atoms with Crippen molar-refractivity contribution in [3.63, 3.8) is 0 Å². The van der Waals surface area contributed by atoms with Gasteiger partial charge in [-0.1, -0.05) is 12.1 Å². The lowest BCUT2D eigenvalue weighted by atomic mass is 10.3. The van der Waals surface area contributed by atoms with E-state index in [-0.39, 0.29) is 5.91 Å². The van der Waals surface area contributed by atoms with E-state index in [0.717, 1.165) is 9.37 Å². The molecule has 0 unspecified atom stereocenters. The fourth-order valence-corrected chi connectivity index (χ4v) is 2.39. The van der Waals surface area contributed by atoms with Gasteiger partial charge in [-0.3, -0.25) is 4.79 Å². The van der Waals surface area contributed by atoms with Gasteiger partial charge in [0.1, 0.15) is 5.82 Å². The third-order valence-electron chi connectivity index (χ3n) is 2.27. The average molecular weight is 338 g/mol. The molecule has 6 heteroatoms. The molecule has 1 amide bonds. The highest BCUT2D eigenvalue weighted by Crippen LogP contribution is 2.24. The summed E-state index contributed by atoms with van der Waals surface area (Å²) in [5.74, 6) is 0.726. The van der Waals surface area contributed by atoms with Gasteiger partial charge in [-0.25, -0.2) is 4.98 Å². The number of thioether (sulfide) groups is 1. The topological polar surface area (TPSA) is 68.0 Å². The number of para-hydroxylation sites is 1. The minimum Gasteiger partial charge on any atom is -0.398 e. The number of anilines is 2. The van der Waals surface area contributed by atoms with Crippen LogP contribution in [0.2, 0.25) is 0 Å². The highest BCUT2D eigenvalue weighted by atomic mass is 79.9. The fourth-order valence-electron chi connectivity index (χ4n) is 1.38. The Morgan fingerprint density at radius 2 is 2.11 bits per heavy atom. The molecular formula is C13H12BrN3OS. The summed E-state index contributed by atoms with van der Waals surface area (Å²) in [5, 5.41) is 2.73. The molecule has 0 radical (unpaired) electrons. The molecule has 0 aliphatic rings. The number of hydrogen-bond acceptors (Lipinski definition) is 4. The number of amides is 1. The monoisotopic (exact) mass is 337 g/mol. The number of benzene rings is 1. The molecule has 0 saturated carbocycles. The quantitative estimate of drug-likeness (QED) is 0.664. The zero-order valence-electron chi connectivity index (χ0n) is 9.97. The number of aromatic nitrogens is 1. The third kappa shape index (κ3) is 4.25. The van der Waals surface area contributed by atoms with Gasteiger partial charge in [0.2, 0.25) is 5.91 Å². The van der Waals surface area contributed by atoms with Crippen LogP contribution in [0.1, 0.15) is 0 Å². The van der Waals surface area contributed by atoms with E-state index < -0.39 is 0 Å². The molecule has 2 aromatic rings. The van der Waals surface area contributed by atoms with Gasteiger partial charge in [0.05, 0.1) is 5.75 Å². The van der Waals surface area contributed by atoms with E-state index in [4.69, 9.17) is 5.73 Å². The molecular weight excluding hydrogens is 326 g/mol. The standard InChI is InChI=1S/C13H12BrN3OS/c14-9-5-6-12(16-7-9)17-13(18)8-19-11-4-2-1-3-10(11)15/h1-7H,8,15H2,(H,16,17,18). The van der Waals surface area contributed by atoms with Gasteiger partial charge < -0.3 is 11.1 Å². The molecule has 0 atom stereocenters. The van der Waals surface area contributed by atoms with Crippen LogP contribution in [-0.4, -0.2) is 16.6 Å². The number of hydrogen-bond donors (Lipinski definition) is 2. The van der Waals surface area contributed by atoms with Crippen molar-refractivity contribution in [3.8, 4) is 0 Å². The number of carbonyl (C=O) groups is 1. The fraction of sp³-hybridized carbons (Fsp3) is 0.0769. The maximum atomic E-state index is 11.8. The van der Waals surface area contributed by atoms with Gasteiger partial charge >= 0.3 is 0 Å². The van der Waals surface area contributed by atoms with Crippen LogP contribution >= 0.6 is 27.7 Å². The first-order valence-electron chi connectivity index (χ1n) is 5.54. The molecule has 1 aromatic carbocycles. The number of nitrogen functional groups attached to an aromatic ring is 1. The van der Waals surface area contributed by atoms with Crippen LogP contribution < -0.4 is 11.1 Å². The summed E-state index contributed by atoms with van der Waals surface area (Å²) >= 11 is 4.69. The van der Waals surface area contributed by atoms with Crippen molar-refractivity contribution in [1.29, 1.82) is 0 Å². The van der Waals surface area contributed by atoms with Crippen LogP contribution in [-0.2, 0) is 4.79 Å². The van der Waals surface area contributed by atoms with Gasteiger partial charge in [-0.2, -0.15) is 0 Å². The summed E-state index contributed by atoms with van der Waals surface area (Å²) in [5.41, 5.74) is 6.49. The molecule has 0 spiro atoms. The summed E-state index contributed by atoms with van der Waals surface area (Å²) in [6.45, 7) is 0. The van der Waals surface area contributed by atoms with Crippen LogP contribution in [0.15, 0.2) is 52.0 Å². The number of nitrogens with one attached hydrogen (secondary N) is 1. The van der Waals surface area contributed by atoms with E-state index in [1.54, 1.807) is 12.3 Å². The lowest BCUT2D eigenvalue weighted by molar-refractivity contribution is -0.113. The Hall–Kier alpha value is -1.53. The molecule has 0 bridgehead atoms. The Labute approximate surface area is 123 Å². The first-order valence-corrected chi connectivity index (χ1v) is 7.32. The second-order valence-corrected chi connectivity index (χ2v) is 5.67. The van der Waals surface area contributed by atoms with Gasteiger partial charge in [-0.15, -0.1) is 11.8 Å². The third-order valence-corrected chi connectivity index (χ3v) is 3.83. The molecule has 2 rings (SSSR count). The maximum absolute atomic E-state index is 11.8. The van der Waals surface area contributed by atoms with Crippen LogP contribution in [0.25, 0.3) is 0 Å². The van der Waals surface area contributed by atoms with E-state index >= 15 is 0 Å². The Balaban J connectivity index is 1.88. The van der Waals surface area contributed by atoms with Crippen molar-refractivity contribution in [2.24, 2.45) is 0 Å². The first-order chi connectivity index (χ1) is 9.15. The van der Waals surface area contributed by atoms with E-state index in [9.17, 15) is 4.79 Å². The number of carbonyl (C=O) groups excluding carboxylic acids is 1. The van der Waals surface area contributed by atoms with Gasteiger partial charge in [-0.05, 0) is 40.2 Å². The van der Waals surface area contributed by atoms with E-state index in [1.807, 2.05) is 30.3 Å². The number of nitrogens with zero attached hydrogens (tertiary/aromatic N) is 1. The minimum absolute atomic E-state index is 0.108. The summed E-state index contributed by atoms with van der Waals surface area (Å²) in [7, 11) is 0. The molecule has 3 N–H and O–H groups in total. The van der Waals surface area contributed by atoms with E-state index in [1.165, 1.54) is 11.8 Å². The Kier molecular flexibility index (Phi) is 4.81. The van der Waals surface area contributed by atoms with E-state index in [0.29, 0.717) is 17.3 Å². The normalized spacial score (nSPS) is 10.2. The molecule has 0 aliphatic carbocycles. The molecule has 98 valence electrons.